The van der Waals surface area contributed by atoms with Crippen molar-refractivity contribution in [2.45, 2.75) is 20.0 Å². The fourth-order valence-electron chi connectivity index (χ4n) is 1.59. The largest absolute Gasteiger partial charge is 0.508 e. The fraction of sp³-hybridized carbons (Fsp3) is 0.333. The van der Waals surface area contributed by atoms with Crippen LogP contribution in [0.2, 0.25) is 0 Å². The Hall–Kier alpha value is -2.08. The third-order valence-corrected chi connectivity index (χ3v) is 2.59. The Bertz CT molecular complexity index is 525. The molecule has 2 aromatic rings. The van der Waals surface area contributed by atoms with Crippen molar-refractivity contribution in [1.29, 1.82) is 0 Å². The van der Waals surface area contributed by atoms with E-state index in [9.17, 15) is 5.11 Å². The number of nitrogens with one attached hydrogen (secondary N) is 1. The maximum absolute atomic E-state index is 9.41. The number of nitrogens with zero attached hydrogens (tertiary/aromatic N) is 3. The van der Waals surface area contributed by atoms with Crippen LogP contribution in [0.5, 0.6) is 5.75 Å². The number of aliphatic hydroxyl groups excluding tert-OH is 1. The molecule has 0 amide bonds. The van der Waals surface area contributed by atoms with Crippen LogP contribution in [-0.4, -0.2) is 31.8 Å². The number of rotatable bonds is 5. The summed E-state index contributed by atoms with van der Waals surface area (Å²) in [6.45, 7) is 2.90. The van der Waals surface area contributed by atoms with E-state index < -0.39 is 0 Å². The van der Waals surface area contributed by atoms with E-state index in [-0.39, 0.29) is 12.4 Å². The molecule has 1 aromatic carbocycles. The van der Waals surface area contributed by atoms with Crippen LogP contribution in [-0.2, 0) is 13.1 Å². The summed E-state index contributed by atoms with van der Waals surface area (Å²) in [7, 11) is 0. The quantitative estimate of drug-likeness (QED) is 0.685. The minimum atomic E-state index is 0.0490. The maximum atomic E-state index is 9.41. The lowest BCUT2D eigenvalue weighted by Crippen LogP contribution is -2.02. The summed E-state index contributed by atoms with van der Waals surface area (Å²) >= 11 is 0. The number of benzene rings is 1. The Morgan fingerprint density at radius 3 is 2.94 bits per heavy atom. The van der Waals surface area contributed by atoms with Crippen LogP contribution in [0.15, 0.2) is 24.4 Å². The first-order valence-corrected chi connectivity index (χ1v) is 5.72. The molecule has 0 saturated carbocycles. The predicted octanol–water partition coefficient (Wildman–Crippen LogP) is 0.897. The number of aliphatic hydroxyl groups is 1. The molecule has 0 unspecified atom stereocenters. The van der Waals surface area contributed by atoms with Crippen LogP contribution < -0.4 is 5.32 Å². The van der Waals surface area contributed by atoms with Gasteiger partial charge in [0.05, 0.1) is 25.9 Å². The molecule has 0 aliphatic heterocycles. The molecule has 0 aliphatic rings. The number of hydrogen-bond acceptors (Lipinski definition) is 5. The zero-order valence-corrected chi connectivity index (χ0v) is 10.2. The minimum absolute atomic E-state index is 0.0490. The lowest BCUT2D eigenvalue weighted by molar-refractivity contribution is 0.268. The second kappa shape index (κ2) is 5.50. The number of anilines is 1. The van der Waals surface area contributed by atoms with Crippen molar-refractivity contribution in [2.75, 3.05) is 11.9 Å². The zero-order valence-electron chi connectivity index (χ0n) is 10.2. The zero-order chi connectivity index (χ0) is 13.0. The first kappa shape index (κ1) is 12.4. The lowest BCUT2D eigenvalue weighted by atomic mass is 10.2. The molecular weight excluding hydrogens is 232 g/mol. The average molecular weight is 248 g/mol. The van der Waals surface area contributed by atoms with Crippen molar-refractivity contribution >= 4 is 5.69 Å². The van der Waals surface area contributed by atoms with Gasteiger partial charge in [0.25, 0.3) is 0 Å². The van der Waals surface area contributed by atoms with Gasteiger partial charge < -0.3 is 15.5 Å². The third-order valence-electron chi connectivity index (χ3n) is 2.59. The fourth-order valence-corrected chi connectivity index (χ4v) is 1.59. The van der Waals surface area contributed by atoms with Gasteiger partial charge in [-0.25, -0.2) is 4.68 Å². The Balaban J connectivity index is 1.95. The number of aromatic hydroxyl groups is 1. The molecule has 1 aromatic heterocycles. The number of phenolic OH excluding ortho intramolecular Hbond substituents is 1. The van der Waals surface area contributed by atoms with Gasteiger partial charge in [-0.2, -0.15) is 0 Å². The van der Waals surface area contributed by atoms with Gasteiger partial charge >= 0.3 is 0 Å². The summed E-state index contributed by atoms with van der Waals surface area (Å²) in [5.74, 6) is 0.287. The molecule has 2 rings (SSSR count). The lowest BCUT2D eigenvalue weighted by Gasteiger charge is -2.06. The third kappa shape index (κ3) is 2.98. The Labute approximate surface area is 105 Å². The second-order valence-corrected chi connectivity index (χ2v) is 4.05. The number of hydrogen-bond donors (Lipinski definition) is 3. The van der Waals surface area contributed by atoms with E-state index >= 15 is 0 Å². The predicted molar refractivity (Wildman–Crippen MR) is 67.3 cm³/mol. The number of phenols is 1. The smallest absolute Gasteiger partial charge is 0.118 e. The van der Waals surface area contributed by atoms with Gasteiger partial charge in [-0.3, -0.25) is 0 Å². The van der Waals surface area contributed by atoms with E-state index in [1.165, 1.54) is 0 Å². The monoisotopic (exact) mass is 248 g/mol. The molecule has 6 nitrogen and oxygen atoms in total. The maximum Gasteiger partial charge on any atom is 0.118 e. The second-order valence-electron chi connectivity index (χ2n) is 4.05. The molecular formula is C12H16N4O2. The Morgan fingerprint density at radius 1 is 1.39 bits per heavy atom. The molecule has 0 spiro atoms. The topological polar surface area (TPSA) is 83.2 Å². The van der Waals surface area contributed by atoms with Gasteiger partial charge in [0.2, 0.25) is 0 Å². The summed E-state index contributed by atoms with van der Waals surface area (Å²) in [6.07, 6.45) is 1.79. The molecule has 6 heteroatoms. The highest BCUT2D eigenvalue weighted by Gasteiger charge is 2.01. The highest BCUT2D eigenvalue weighted by atomic mass is 16.3. The van der Waals surface area contributed by atoms with E-state index in [0.29, 0.717) is 13.1 Å². The van der Waals surface area contributed by atoms with Gasteiger partial charge in [-0.05, 0) is 30.7 Å². The summed E-state index contributed by atoms with van der Waals surface area (Å²) in [6, 6.07) is 5.33. The highest BCUT2D eigenvalue weighted by molar-refractivity contribution is 5.50. The molecule has 0 aliphatic carbocycles. The van der Waals surface area contributed by atoms with Crippen LogP contribution in [0, 0.1) is 6.92 Å². The van der Waals surface area contributed by atoms with Gasteiger partial charge in [0.1, 0.15) is 11.4 Å². The van der Waals surface area contributed by atoms with E-state index in [4.69, 9.17) is 5.11 Å². The highest BCUT2D eigenvalue weighted by Crippen LogP contribution is 2.20. The van der Waals surface area contributed by atoms with Crippen molar-refractivity contribution in [3.63, 3.8) is 0 Å². The summed E-state index contributed by atoms with van der Waals surface area (Å²) < 4.78 is 1.60. The number of aromatic nitrogens is 3. The molecule has 18 heavy (non-hydrogen) atoms. The molecule has 96 valence electrons. The van der Waals surface area contributed by atoms with Crippen molar-refractivity contribution in [2.24, 2.45) is 0 Å². The van der Waals surface area contributed by atoms with Crippen LogP contribution in [0.3, 0.4) is 0 Å². The Kier molecular flexibility index (Phi) is 3.78. The average Bonchev–Trinajstić information content (AvgIpc) is 2.79. The van der Waals surface area contributed by atoms with Crippen molar-refractivity contribution in [3.05, 3.63) is 35.7 Å². The summed E-state index contributed by atoms with van der Waals surface area (Å²) in [5, 5.41) is 29.2. The van der Waals surface area contributed by atoms with Gasteiger partial charge in [-0.15, -0.1) is 5.10 Å². The first-order valence-electron chi connectivity index (χ1n) is 5.72. The molecule has 0 radical (unpaired) electrons. The standard InChI is InChI=1S/C12H16N4O2/c1-9-6-10(2-3-12(9)18)13-7-11-8-16(4-5-17)15-14-11/h2-3,6,8,13,17-18H,4-5,7H2,1H3. The summed E-state index contributed by atoms with van der Waals surface area (Å²) in [4.78, 5) is 0. The van der Waals surface area contributed by atoms with Crippen molar-refractivity contribution in [3.8, 4) is 5.75 Å². The van der Waals surface area contributed by atoms with Gasteiger partial charge in [0, 0.05) is 5.69 Å². The Morgan fingerprint density at radius 2 is 2.22 bits per heavy atom. The first-order chi connectivity index (χ1) is 8.69. The van der Waals surface area contributed by atoms with E-state index in [0.717, 1.165) is 16.9 Å². The molecule has 0 saturated heterocycles. The summed E-state index contributed by atoms with van der Waals surface area (Å²) in [5.41, 5.74) is 2.54. The van der Waals surface area contributed by atoms with E-state index in [1.54, 1.807) is 23.0 Å². The number of aryl methyl sites for hydroxylation is 1. The molecule has 0 bridgehead atoms. The van der Waals surface area contributed by atoms with Crippen molar-refractivity contribution < 1.29 is 10.2 Å². The SMILES string of the molecule is Cc1cc(NCc2cn(CCO)nn2)ccc1O. The van der Waals surface area contributed by atoms with Crippen LogP contribution in [0.1, 0.15) is 11.3 Å². The molecule has 0 atom stereocenters. The van der Waals surface area contributed by atoms with E-state index in [1.807, 2.05) is 13.0 Å². The van der Waals surface area contributed by atoms with Crippen molar-refractivity contribution in [1.82, 2.24) is 15.0 Å². The van der Waals surface area contributed by atoms with Gasteiger partial charge in [0.15, 0.2) is 0 Å². The minimum Gasteiger partial charge on any atom is -0.508 e. The van der Waals surface area contributed by atoms with E-state index in [2.05, 4.69) is 15.6 Å². The van der Waals surface area contributed by atoms with Crippen LogP contribution >= 0.6 is 0 Å². The van der Waals surface area contributed by atoms with Crippen LogP contribution in [0.4, 0.5) is 5.69 Å². The van der Waals surface area contributed by atoms with Crippen LogP contribution in [0.25, 0.3) is 0 Å². The van der Waals surface area contributed by atoms with Gasteiger partial charge in [-0.1, -0.05) is 5.21 Å². The normalized spacial score (nSPS) is 10.6. The molecule has 1 heterocycles. The molecule has 0 fully saturated rings. The molecule has 3 N–H and O–H groups in total.